The van der Waals surface area contributed by atoms with Gasteiger partial charge in [0, 0.05) is 27.7 Å². The van der Waals surface area contributed by atoms with Crippen LogP contribution in [0.15, 0.2) is 0 Å². The number of carbonyl (C=O) groups excluding carboxylic acids is 4. The lowest BCUT2D eigenvalue weighted by Crippen LogP contribution is -2.71. The van der Waals surface area contributed by atoms with Crippen LogP contribution in [0.3, 0.4) is 0 Å². The van der Waals surface area contributed by atoms with E-state index in [0.717, 1.165) is 27.7 Å². The molecule has 0 spiro atoms. The van der Waals surface area contributed by atoms with Crippen LogP contribution in [0.5, 0.6) is 0 Å². The van der Waals surface area contributed by atoms with Crippen LogP contribution in [0.4, 0.5) is 0 Å². The molecule has 0 aromatic carbocycles. The molecule has 7 aliphatic heterocycles. The van der Waals surface area contributed by atoms with Crippen LogP contribution in [0.2, 0.25) is 0 Å². The molecule has 0 aromatic heterocycles. The van der Waals surface area contributed by atoms with E-state index in [4.69, 9.17) is 66.3 Å². The Balaban J connectivity index is 1.26. The monoisotopic (exact) mass is 1460 g/mol. The van der Waals surface area contributed by atoms with Gasteiger partial charge in [-0.25, -0.2) is 0 Å². The predicted molar refractivity (Wildman–Crippen MR) is 312 cm³/mol. The summed E-state index contributed by atoms with van der Waals surface area (Å²) >= 11 is 0. The lowest BCUT2D eigenvalue weighted by Gasteiger charge is -2.51. The fourth-order valence-corrected chi connectivity index (χ4v) is 12.4. The molecule has 0 radical (unpaired) electrons. The Morgan fingerprint density at radius 3 is 1.25 bits per heavy atom. The summed E-state index contributed by atoms with van der Waals surface area (Å²) in [6.45, 7) is -3.38. The number of hydrogen-bond acceptors (Lipinski definition) is 40. The third-order valence-corrected chi connectivity index (χ3v) is 17.8. The molecule has 4 amide bonds. The minimum Gasteiger partial charge on any atom is -0.394 e. The molecule has 39 atom stereocenters. The van der Waals surface area contributed by atoms with Crippen molar-refractivity contribution < 1.29 is 198 Å². The van der Waals surface area contributed by atoms with E-state index in [1.165, 1.54) is 6.92 Å². The van der Waals surface area contributed by atoms with Crippen molar-refractivity contribution in [2.24, 2.45) is 0 Å². The average molecular weight is 1470 g/mol. The largest absolute Gasteiger partial charge is 0.394 e. The number of ether oxygens (including phenoxy) is 14. The minimum atomic E-state index is -2.54. The summed E-state index contributed by atoms with van der Waals surface area (Å²) in [5.74, 6) is -3.55. The predicted octanol–water partition coefficient (Wildman–Crippen LogP) is -17.2. The van der Waals surface area contributed by atoms with Crippen LogP contribution in [0.1, 0.15) is 34.6 Å². The van der Waals surface area contributed by atoms with Crippen LogP contribution in [-0.2, 0) is 85.5 Å². The van der Waals surface area contributed by atoms with E-state index < -0.39 is 316 Å². The van der Waals surface area contributed by atoms with Crippen LogP contribution in [0, 0.1) is 0 Å². The van der Waals surface area contributed by atoms with Crippen molar-refractivity contribution in [3.05, 3.63) is 0 Å². The summed E-state index contributed by atoms with van der Waals surface area (Å²) in [4.78, 5) is 50.4. The average Bonchev–Trinajstić information content (AvgIpc) is 0.456. The topological polar surface area (TPSA) is 691 Å². The maximum absolute atomic E-state index is 13.0. The van der Waals surface area contributed by atoms with Crippen LogP contribution in [0.25, 0.3) is 0 Å². The summed E-state index contributed by atoms with van der Waals surface area (Å²) < 4.78 is 82.6. The van der Waals surface area contributed by atoms with Gasteiger partial charge in [-0.1, -0.05) is 0 Å². The molecule has 7 heterocycles. The summed E-state index contributed by atoms with van der Waals surface area (Å²) in [5.41, 5.74) is 0. The number of nitrogens with one attached hydrogen (secondary N) is 4. The molecular formula is C56H96N4O40. The molecule has 0 aliphatic carbocycles. The molecule has 7 rings (SSSR count). The number of rotatable bonds is 29. The second-order valence-corrected chi connectivity index (χ2v) is 25.1. The molecule has 7 aliphatic rings. The van der Waals surface area contributed by atoms with Crippen molar-refractivity contribution in [3.63, 3.8) is 0 Å². The van der Waals surface area contributed by atoms with Gasteiger partial charge in [0.2, 0.25) is 23.6 Å². The number of amides is 4. The Morgan fingerprint density at radius 1 is 0.370 bits per heavy atom. The molecule has 0 unspecified atom stereocenters. The normalized spacial score (nSPS) is 45.4. The van der Waals surface area contributed by atoms with Crippen molar-refractivity contribution in [2.75, 3.05) is 52.9 Å². The van der Waals surface area contributed by atoms with Crippen LogP contribution >= 0.6 is 0 Å². The summed E-state index contributed by atoms with van der Waals surface area (Å²) in [6, 6.07) is -7.28. The maximum Gasteiger partial charge on any atom is 0.217 e. The minimum absolute atomic E-state index is 0.833. The van der Waals surface area contributed by atoms with Gasteiger partial charge in [-0.05, 0) is 6.92 Å². The molecular weight excluding hydrogens is 1370 g/mol. The Kier molecular flexibility index (Phi) is 31.1. The third-order valence-electron chi connectivity index (χ3n) is 17.8. The lowest BCUT2D eigenvalue weighted by molar-refractivity contribution is -0.401. The Hall–Kier alpha value is -3.56. The number of aliphatic hydroxyl groups excluding tert-OH is 22. The standard InChI is InChI=1S/C56H96N4O40/c1-14-30(72)39(81)41(83)53(89-14)87-12-20(71)45(31(73)19(6-61)57-15(2)67)96-52-29(60-18(5)70)38(80)46(24(10-65)93-52)98-55-44(86)48(35(77)26(95-55)13-88-54-42(84)40(82)34(76)23(9-64)92-54)99-56-49(100-51-28(59-17(4)69)37(79)33(75)22(8-63)91-51)43(85)47(25(11-66)94-56)97-50-27(58-16(3)68)36(78)32(74)21(7-62)90-50/h14,19-56,61-66,71-86H,6-13H2,1-5H3,(H,57,67)(H,58,68)(H,59,69)(H,60,70)/t14-,19-,20+,21+,22+,23+,24+,25+,26+,27+,28+,29+,30+,31+,32+,33+,34+,35+,36+,37+,38+,39+,40-,41-,42-,43-,44-,45+,46+,47+,48-,49-,50-,51-,52-,53+,54-,55-,56+/m0/s1. The van der Waals surface area contributed by atoms with E-state index in [-0.39, 0.29) is 0 Å². The van der Waals surface area contributed by atoms with E-state index in [0.29, 0.717) is 0 Å². The van der Waals surface area contributed by atoms with E-state index in [1.54, 1.807) is 0 Å². The number of hydrogen-bond donors (Lipinski definition) is 26. The second kappa shape index (κ2) is 37.1. The molecule has 0 aromatic rings. The Labute approximate surface area is 568 Å². The highest BCUT2D eigenvalue weighted by atomic mass is 16.8. The first kappa shape index (κ1) is 83.7. The first-order chi connectivity index (χ1) is 47.2. The van der Waals surface area contributed by atoms with E-state index in [1.807, 2.05) is 0 Å². The second-order valence-electron chi connectivity index (χ2n) is 25.1. The Morgan fingerprint density at radius 2 is 0.770 bits per heavy atom. The van der Waals surface area contributed by atoms with Gasteiger partial charge in [0.25, 0.3) is 0 Å². The van der Waals surface area contributed by atoms with Crippen molar-refractivity contribution in [1.29, 1.82) is 0 Å². The SMILES string of the molecule is CC(=O)N[C@H]1[C@H](O[C@@H]([C@H](O)[C@H](CO)NC(C)=O)[C@H](O)CO[C@@H]2O[C@@H](C)[C@@H](O)[C@@H](O)[C@@H]2O)O[C@H](CO)[C@@H](O[C@@H]2O[C@H](CO[C@H]3O[C@H](CO)[C@@H](O)[C@H](O)[C@@H]3O)[C@@H](O)[C@H](O[C@H]3O[C@H](CO)[C@@H](O[C@@H]4O[C@H](CO)[C@@H](O)[C@H](O)[C@H]4NC(C)=O)[C@H](O)[C@@H]3O[C@@H]3O[C@H](CO)[C@@H](O)[C@H](O)[C@H]3NC(C)=O)[C@@H]2O)[C@@H]1O. The summed E-state index contributed by atoms with van der Waals surface area (Å²) in [7, 11) is 0. The van der Waals surface area contributed by atoms with E-state index in [2.05, 4.69) is 21.3 Å². The molecule has 44 heteroatoms. The smallest absolute Gasteiger partial charge is 0.217 e. The molecule has 100 heavy (non-hydrogen) atoms. The van der Waals surface area contributed by atoms with Gasteiger partial charge in [0.15, 0.2) is 44.0 Å². The van der Waals surface area contributed by atoms with E-state index in [9.17, 15) is 132 Å². The summed E-state index contributed by atoms with van der Waals surface area (Å²) in [6.07, 6.45) is -71.4. The molecule has 7 fully saturated rings. The van der Waals surface area contributed by atoms with Gasteiger partial charge in [-0.15, -0.1) is 0 Å². The fourth-order valence-electron chi connectivity index (χ4n) is 12.4. The van der Waals surface area contributed by atoms with E-state index >= 15 is 0 Å². The molecule has 0 saturated carbocycles. The Bertz CT molecular complexity index is 2570. The molecule has 7 saturated heterocycles. The lowest BCUT2D eigenvalue weighted by atomic mass is 9.94. The van der Waals surface area contributed by atoms with Crippen molar-refractivity contribution in [2.45, 2.75) is 274 Å². The molecule has 26 N–H and O–H groups in total. The molecule has 0 bridgehead atoms. The highest BCUT2D eigenvalue weighted by Crippen LogP contribution is 2.39. The fraction of sp³-hybridized carbons (Fsp3) is 0.929. The van der Waals surface area contributed by atoms with Gasteiger partial charge in [0.1, 0.15) is 183 Å². The van der Waals surface area contributed by atoms with Gasteiger partial charge < -0.3 is 200 Å². The van der Waals surface area contributed by atoms with Crippen molar-refractivity contribution >= 4 is 23.6 Å². The van der Waals surface area contributed by atoms with Gasteiger partial charge >= 0.3 is 0 Å². The van der Waals surface area contributed by atoms with Crippen molar-refractivity contribution in [3.8, 4) is 0 Å². The highest BCUT2D eigenvalue weighted by Gasteiger charge is 2.59. The quantitative estimate of drug-likeness (QED) is 0.0331. The zero-order chi connectivity index (χ0) is 74.2. The van der Waals surface area contributed by atoms with Crippen LogP contribution in [-0.4, -0.2) is 428 Å². The zero-order valence-corrected chi connectivity index (χ0v) is 54.4. The van der Waals surface area contributed by atoms with Gasteiger partial charge in [0.05, 0.1) is 65.0 Å². The zero-order valence-electron chi connectivity index (χ0n) is 54.4. The number of carbonyl (C=O) groups is 4. The number of aliphatic hydroxyl groups is 22. The molecule has 580 valence electrons. The first-order valence-corrected chi connectivity index (χ1v) is 31.9. The van der Waals surface area contributed by atoms with Crippen LogP contribution < -0.4 is 21.3 Å². The van der Waals surface area contributed by atoms with Gasteiger partial charge in [-0.2, -0.15) is 0 Å². The van der Waals surface area contributed by atoms with Gasteiger partial charge in [-0.3, -0.25) is 19.2 Å². The maximum atomic E-state index is 13.0. The summed E-state index contributed by atoms with van der Waals surface area (Å²) in [5, 5.41) is 252. The third kappa shape index (κ3) is 19.3. The van der Waals surface area contributed by atoms with Crippen molar-refractivity contribution in [1.82, 2.24) is 21.3 Å². The molecule has 44 nitrogen and oxygen atoms in total. The first-order valence-electron chi connectivity index (χ1n) is 31.9. The highest BCUT2D eigenvalue weighted by molar-refractivity contribution is 5.74.